The van der Waals surface area contributed by atoms with E-state index in [-0.39, 0.29) is 5.82 Å². The molecule has 0 spiro atoms. The van der Waals surface area contributed by atoms with E-state index in [0.29, 0.717) is 18.8 Å². The molecule has 2 N–H and O–H groups in total. The van der Waals surface area contributed by atoms with Gasteiger partial charge in [0.05, 0.1) is 5.69 Å². The van der Waals surface area contributed by atoms with E-state index in [1.807, 2.05) is 0 Å². The molecule has 0 fully saturated rings. The number of rotatable bonds is 5. The average Bonchev–Trinajstić information content (AvgIpc) is 2.33. The van der Waals surface area contributed by atoms with Gasteiger partial charge < -0.3 is 25.5 Å². The Hall–Kier alpha value is -2.38. The SMILES string of the molecule is CC(C)(C)OC(=O)NCCNc1ccc([N+](=O)[O-])nc1. The fourth-order valence-electron chi connectivity index (χ4n) is 1.28. The topological polar surface area (TPSA) is 106 Å². The highest BCUT2D eigenvalue weighted by Gasteiger charge is 2.15. The Morgan fingerprint density at radius 1 is 1.40 bits per heavy atom. The van der Waals surface area contributed by atoms with E-state index >= 15 is 0 Å². The molecule has 0 saturated heterocycles. The third kappa shape index (κ3) is 5.98. The van der Waals surface area contributed by atoms with Crippen molar-refractivity contribution in [2.75, 3.05) is 18.4 Å². The molecule has 0 aliphatic carbocycles. The molecule has 1 aromatic heterocycles. The summed E-state index contributed by atoms with van der Waals surface area (Å²) in [6, 6.07) is 2.86. The molecule has 0 aliphatic rings. The van der Waals surface area contributed by atoms with Gasteiger partial charge in [-0.3, -0.25) is 0 Å². The van der Waals surface area contributed by atoms with E-state index in [1.165, 1.54) is 12.3 Å². The molecule has 1 amide bonds. The molecule has 20 heavy (non-hydrogen) atoms. The van der Waals surface area contributed by atoms with Gasteiger partial charge in [0.15, 0.2) is 6.20 Å². The summed E-state index contributed by atoms with van der Waals surface area (Å²) in [7, 11) is 0. The molecule has 1 rings (SSSR count). The summed E-state index contributed by atoms with van der Waals surface area (Å²) < 4.78 is 5.07. The van der Waals surface area contributed by atoms with E-state index in [1.54, 1.807) is 26.8 Å². The first kappa shape index (κ1) is 15.7. The maximum Gasteiger partial charge on any atom is 0.407 e. The number of hydrogen-bond acceptors (Lipinski definition) is 6. The summed E-state index contributed by atoms with van der Waals surface area (Å²) >= 11 is 0. The Bertz CT molecular complexity index is 467. The van der Waals surface area contributed by atoms with Crippen molar-refractivity contribution >= 4 is 17.6 Å². The molecule has 1 aromatic rings. The van der Waals surface area contributed by atoms with E-state index < -0.39 is 16.6 Å². The van der Waals surface area contributed by atoms with Crippen molar-refractivity contribution in [1.82, 2.24) is 10.3 Å². The van der Waals surface area contributed by atoms with Crippen LogP contribution in [-0.4, -0.2) is 34.7 Å². The molecule has 0 bridgehead atoms. The molecule has 8 heteroatoms. The lowest BCUT2D eigenvalue weighted by Crippen LogP contribution is -2.34. The Morgan fingerprint density at radius 3 is 2.60 bits per heavy atom. The summed E-state index contributed by atoms with van der Waals surface area (Å²) in [4.78, 5) is 24.9. The zero-order chi connectivity index (χ0) is 15.2. The lowest BCUT2D eigenvalue weighted by atomic mass is 10.2. The number of carbonyl (C=O) groups excluding carboxylic acids is 1. The van der Waals surface area contributed by atoms with E-state index in [9.17, 15) is 14.9 Å². The maximum atomic E-state index is 11.3. The van der Waals surface area contributed by atoms with Gasteiger partial charge in [-0.15, -0.1) is 0 Å². The molecule has 0 aromatic carbocycles. The van der Waals surface area contributed by atoms with Crippen molar-refractivity contribution in [3.8, 4) is 0 Å². The zero-order valence-electron chi connectivity index (χ0n) is 11.7. The van der Waals surface area contributed by atoms with Gasteiger partial charge in [0.2, 0.25) is 0 Å². The quantitative estimate of drug-likeness (QED) is 0.485. The first-order valence-corrected chi connectivity index (χ1v) is 6.09. The first-order chi connectivity index (χ1) is 9.28. The van der Waals surface area contributed by atoms with Crippen LogP contribution in [0.1, 0.15) is 20.8 Å². The summed E-state index contributed by atoms with van der Waals surface area (Å²) in [5, 5.41) is 16.0. The summed E-state index contributed by atoms with van der Waals surface area (Å²) in [5.74, 6) is -0.206. The number of hydrogen-bond donors (Lipinski definition) is 2. The normalized spacial score (nSPS) is 10.8. The number of nitrogens with zero attached hydrogens (tertiary/aromatic N) is 2. The largest absolute Gasteiger partial charge is 0.444 e. The molecule has 1 heterocycles. The zero-order valence-corrected chi connectivity index (χ0v) is 11.7. The van der Waals surface area contributed by atoms with Crippen molar-refractivity contribution in [3.05, 3.63) is 28.4 Å². The van der Waals surface area contributed by atoms with Crippen LogP contribution < -0.4 is 10.6 Å². The van der Waals surface area contributed by atoms with Crippen LogP contribution in [0.3, 0.4) is 0 Å². The predicted molar refractivity (Wildman–Crippen MR) is 73.6 cm³/mol. The monoisotopic (exact) mass is 282 g/mol. The molecule has 0 saturated carbocycles. The summed E-state index contributed by atoms with van der Waals surface area (Å²) in [6.07, 6.45) is 0.882. The molecule has 0 aliphatic heterocycles. The minimum absolute atomic E-state index is 0.206. The van der Waals surface area contributed by atoms with Gasteiger partial charge in [0.25, 0.3) is 0 Å². The molecular formula is C12H18N4O4. The number of nitro groups is 1. The number of alkyl carbamates (subject to hydrolysis) is 1. The maximum absolute atomic E-state index is 11.3. The van der Waals surface area contributed by atoms with E-state index in [2.05, 4.69) is 15.6 Å². The number of nitrogens with one attached hydrogen (secondary N) is 2. The number of pyridine rings is 1. The molecule has 0 unspecified atom stereocenters. The van der Waals surface area contributed by atoms with Gasteiger partial charge >= 0.3 is 11.9 Å². The van der Waals surface area contributed by atoms with Crippen LogP contribution in [0.2, 0.25) is 0 Å². The molecule has 8 nitrogen and oxygen atoms in total. The Kier molecular flexibility index (Phi) is 5.24. The van der Waals surface area contributed by atoms with Crippen LogP contribution >= 0.6 is 0 Å². The Morgan fingerprint density at radius 2 is 2.10 bits per heavy atom. The second-order valence-corrected chi connectivity index (χ2v) is 5.02. The highest BCUT2D eigenvalue weighted by Crippen LogP contribution is 2.10. The fraction of sp³-hybridized carbons (Fsp3) is 0.500. The third-order valence-electron chi connectivity index (χ3n) is 2.06. The van der Waals surface area contributed by atoms with Gasteiger partial charge in [-0.1, -0.05) is 0 Å². The number of carbonyl (C=O) groups is 1. The van der Waals surface area contributed by atoms with Gasteiger partial charge in [-0.2, -0.15) is 0 Å². The fourth-order valence-corrected chi connectivity index (χ4v) is 1.28. The smallest absolute Gasteiger partial charge is 0.407 e. The number of ether oxygens (including phenoxy) is 1. The van der Waals surface area contributed by atoms with E-state index in [4.69, 9.17) is 4.74 Å². The molecule has 110 valence electrons. The van der Waals surface area contributed by atoms with Crippen LogP contribution in [0.5, 0.6) is 0 Å². The van der Waals surface area contributed by atoms with Crippen LogP contribution in [-0.2, 0) is 4.74 Å². The standard InChI is InChI=1S/C12H18N4O4/c1-12(2,3)20-11(17)14-7-6-13-9-4-5-10(15-8-9)16(18)19/h4-5,8,13H,6-7H2,1-3H3,(H,14,17). The van der Waals surface area contributed by atoms with Crippen molar-refractivity contribution in [2.24, 2.45) is 0 Å². The highest BCUT2D eigenvalue weighted by atomic mass is 16.6. The highest BCUT2D eigenvalue weighted by molar-refractivity contribution is 5.67. The average molecular weight is 282 g/mol. The van der Waals surface area contributed by atoms with Crippen LogP contribution in [0.25, 0.3) is 0 Å². The van der Waals surface area contributed by atoms with Gasteiger partial charge in [0.1, 0.15) is 5.60 Å². The number of aromatic nitrogens is 1. The number of amides is 1. The van der Waals surface area contributed by atoms with Crippen molar-refractivity contribution in [3.63, 3.8) is 0 Å². The minimum atomic E-state index is -0.562. The van der Waals surface area contributed by atoms with Crippen LogP contribution in [0, 0.1) is 10.1 Å². The Labute approximate surface area is 116 Å². The summed E-state index contributed by atoms with van der Waals surface area (Å²) in [5.41, 5.74) is 0.112. The van der Waals surface area contributed by atoms with Gasteiger partial charge in [-0.05, 0) is 36.7 Å². The van der Waals surface area contributed by atoms with Crippen molar-refractivity contribution in [1.29, 1.82) is 0 Å². The lowest BCUT2D eigenvalue weighted by molar-refractivity contribution is -0.389. The second-order valence-electron chi connectivity index (χ2n) is 5.02. The van der Waals surface area contributed by atoms with Crippen LogP contribution in [0.15, 0.2) is 18.3 Å². The third-order valence-corrected chi connectivity index (χ3v) is 2.06. The summed E-state index contributed by atoms with van der Waals surface area (Å²) in [6.45, 7) is 6.18. The molecule has 0 atom stereocenters. The second kappa shape index (κ2) is 6.69. The predicted octanol–water partition coefficient (Wildman–Crippen LogP) is 1.93. The first-order valence-electron chi connectivity index (χ1n) is 6.09. The van der Waals surface area contributed by atoms with Gasteiger partial charge in [-0.25, -0.2) is 4.79 Å². The number of anilines is 1. The lowest BCUT2D eigenvalue weighted by Gasteiger charge is -2.19. The van der Waals surface area contributed by atoms with Crippen LogP contribution in [0.4, 0.5) is 16.3 Å². The van der Waals surface area contributed by atoms with E-state index in [0.717, 1.165) is 0 Å². The molecular weight excluding hydrogens is 264 g/mol. The Balaban J connectivity index is 2.27. The van der Waals surface area contributed by atoms with Crippen molar-refractivity contribution < 1.29 is 14.5 Å². The van der Waals surface area contributed by atoms with Gasteiger partial charge in [0, 0.05) is 19.2 Å². The minimum Gasteiger partial charge on any atom is -0.444 e. The molecule has 0 radical (unpaired) electrons. The van der Waals surface area contributed by atoms with Crippen molar-refractivity contribution in [2.45, 2.75) is 26.4 Å².